The van der Waals surface area contributed by atoms with Gasteiger partial charge in [-0.3, -0.25) is 4.79 Å². The van der Waals surface area contributed by atoms with Crippen molar-refractivity contribution in [1.82, 2.24) is 9.97 Å². The minimum atomic E-state index is -0.0389. The van der Waals surface area contributed by atoms with E-state index in [1.807, 2.05) is 56.3 Å². The number of piperazine rings is 1. The van der Waals surface area contributed by atoms with Crippen LogP contribution in [0.3, 0.4) is 0 Å². The van der Waals surface area contributed by atoms with Gasteiger partial charge in [-0.1, -0.05) is 42.1 Å². The minimum absolute atomic E-state index is 0.0389. The van der Waals surface area contributed by atoms with Gasteiger partial charge in [-0.25, -0.2) is 9.97 Å². The fraction of sp³-hybridized carbons (Fsp3) is 0.320. The first-order valence-corrected chi connectivity index (χ1v) is 12.0. The lowest BCUT2D eigenvalue weighted by Gasteiger charge is -2.37. The number of hydrogen-bond acceptors (Lipinski definition) is 7. The van der Waals surface area contributed by atoms with E-state index < -0.39 is 0 Å². The predicted octanol–water partition coefficient (Wildman–Crippen LogP) is 4.16. The zero-order valence-electron chi connectivity index (χ0n) is 19.2. The standard InChI is InChI=1S/C25H29N5O2S/c1-18-7-6-8-19(2)25(18)28-23(31)16-33-24-15-22(26-17-27-24)30-13-11-29(12-14-30)20-9-4-5-10-21(20)32-3/h4-10,15,17H,11-14,16H2,1-3H3,(H,28,31). The molecule has 1 fully saturated rings. The third kappa shape index (κ3) is 5.57. The van der Waals surface area contributed by atoms with Gasteiger partial charge in [0.1, 0.15) is 22.9 Å². The van der Waals surface area contributed by atoms with Crippen molar-refractivity contribution in [1.29, 1.82) is 0 Å². The molecule has 0 bridgehead atoms. The van der Waals surface area contributed by atoms with Gasteiger partial charge >= 0.3 is 0 Å². The molecule has 0 radical (unpaired) electrons. The minimum Gasteiger partial charge on any atom is -0.495 e. The van der Waals surface area contributed by atoms with Crippen LogP contribution in [0.4, 0.5) is 17.2 Å². The molecule has 0 unspecified atom stereocenters. The van der Waals surface area contributed by atoms with E-state index in [0.29, 0.717) is 5.75 Å². The van der Waals surface area contributed by atoms with E-state index in [2.05, 4.69) is 31.2 Å². The van der Waals surface area contributed by atoms with E-state index >= 15 is 0 Å². The Morgan fingerprint density at radius 1 is 1.00 bits per heavy atom. The van der Waals surface area contributed by atoms with Gasteiger partial charge in [-0.2, -0.15) is 0 Å². The number of carbonyl (C=O) groups is 1. The van der Waals surface area contributed by atoms with Crippen molar-refractivity contribution >= 4 is 34.9 Å². The summed E-state index contributed by atoms with van der Waals surface area (Å²) in [5.74, 6) is 2.04. The van der Waals surface area contributed by atoms with Crippen LogP contribution in [-0.2, 0) is 4.79 Å². The van der Waals surface area contributed by atoms with E-state index in [-0.39, 0.29) is 5.91 Å². The van der Waals surface area contributed by atoms with Crippen molar-refractivity contribution < 1.29 is 9.53 Å². The molecule has 0 saturated carbocycles. The van der Waals surface area contributed by atoms with E-state index in [4.69, 9.17) is 4.74 Å². The molecule has 1 N–H and O–H groups in total. The third-order valence-corrected chi connectivity index (χ3v) is 6.68. The van der Waals surface area contributed by atoms with Gasteiger partial charge in [0, 0.05) is 37.9 Å². The molecule has 8 heteroatoms. The van der Waals surface area contributed by atoms with Gasteiger partial charge in [0.25, 0.3) is 0 Å². The Bertz CT molecular complexity index is 1100. The summed E-state index contributed by atoms with van der Waals surface area (Å²) in [5.41, 5.74) is 4.13. The molecule has 1 saturated heterocycles. The topological polar surface area (TPSA) is 70.6 Å². The summed E-state index contributed by atoms with van der Waals surface area (Å²) < 4.78 is 5.51. The number of nitrogens with one attached hydrogen (secondary N) is 1. The van der Waals surface area contributed by atoms with Crippen molar-refractivity contribution in [2.75, 3.05) is 54.2 Å². The molecule has 4 rings (SSSR count). The molecular weight excluding hydrogens is 434 g/mol. The number of carbonyl (C=O) groups excluding carboxylic acids is 1. The molecule has 0 aliphatic carbocycles. The highest BCUT2D eigenvalue weighted by Gasteiger charge is 2.21. The lowest BCUT2D eigenvalue weighted by Crippen LogP contribution is -2.47. The number of anilines is 3. The fourth-order valence-corrected chi connectivity index (χ4v) is 4.64. The van der Waals surface area contributed by atoms with Gasteiger partial charge in [0.15, 0.2) is 0 Å². The smallest absolute Gasteiger partial charge is 0.234 e. The molecule has 172 valence electrons. The van der Waals surface area contributed by atoms with Crippen molar-refractivity contribution in [3.8, 4) is 5.75 Å². The molecule has 3 aromatic rings. The van der Waals surface area contributed by atoms with Crippen molar-refractivity contribution in [3.05, 3.63) is 66.0 Å². The summed E-state index contributed by atoms with van der Waals surface area (Å²) in [6.45, 7) is 7.47. The molecular formula is C25H29N5O2S. The normalized spacial score (nSPS) is 13.7. The highest BCUT2D eigenvalue weighted by Crippen LogP contribution is 2.29. The first-order valence-electron chi connectivity index (χ1n) is 11.0. The zero-order valence-corrected chi connectivity index (χ0v) is 20.1. The molecule has 2 heterocycles. The van der Waals surface area contributed by atoms with Crippen LogP contribution in [-0.4, -0.2) is 54.9 Å². The number of methoxy groups -OCH3 is 1. The highest BCUT2D eigenvalue weighted by atomic mass is 32.2. The SMILES string of the molecule is COc1ccccc1N1CCN(c2cc(SCC(=O)Nc3c(C)cccc3C)ncn2)CC1. The van der Waals surface area contributed by atoms with Gasteiger partial charge in [0.05, 0.1) is 18.6 Å². The maximum atomic E-state index is 12.5. The second-order valence-corrected chi connectivity index (χ2v) is 8.96. The molecule has 1 aliphatic heterocycles. The predicted molar refractivity (Wildman–Crippen MR) is 135 cm³/mol. The zero-order chi connectivity index (χ0) is 23.2. The molecule has 1 amide bonds. The summed E-state index contributed by atoms with van der Waals surface area (Å²) in [6, 6.07) is 16.1. The number of para-hydroxylation sites is 3. The molecule has 1 aromatic heterocycles. The third-order valence-electron chi connectivity index (χ3n) is 5.75. The first-order chi connectivity index (χ1) is 16.0. The number of nitrogens with zero attached hydrogens (tertiary/aromatic N) is 4. The Balaban J connectivity index is 1.33. The number of amides is 1. The van der Waals surface area contributed by atoms with Crippen LogP contribution in [0, 0.1) is 13.8 Å². The van der Waals surface area contributed by atoms with Crippen LogP contribution in [0.5, 0.6) is 5.75 Å². The van der Waals surface area contributed by atoms with Crippen LogP contribution >= 0.6 is 11.8 Å². The average molecular weight is 464 g/mol. The van der Waals surface area contributed by atoms with Gasteiger partial charge < -0.3 is 19.9 Å². The number of aryl methyl sites for hydroxylation is 2. The van der Waals surface area contributed by atoms with Crippen LogP contribution in [0.15, 0.2) is 59.9 Å². The summed E-state index contributed by atoms with van der Waals surface area (Å²) in [6.07, 6.45) is 1.58. The first kappa shape index (κ1) is 22.9. The Labute approximate surface area is 199 Å². The number of ether oxygens (including phenoxy) is 1. The number of rotatable bonds is 7. The van der Waals surface area contributed by atoms with Crippen molar-refractivity contribution in [2.24, 2.45) is 0 Å². The summed E-state index contributed by atoms with van der Waals surface area (Å²) >= 11 is 1.42. The highest BCUT2D eigenvalue weighted by molar-refractivity contribution is 7.99. The summed E-state index contributed by atoms with van der Waals surface area (Å²) in [7, 11) is 1.71. The second kappa shape index (κ2) is 10.6. The average Bonchev–Trinajstić information content (AvgIpc) is 2.85. The molecule has 33 heavy (non-hydrogen) atoms. The number of benzene rings is 2. The number of hydrogen-bond donors (Lipinski definition) is 1. The van der Waals surface area contributed by atoms with E-state index in [9.17, 15) is 4.79 Å². The lowest BCUT2D eigenvalue weighted by atomic mass is 10.1. The molecule has 0 spiro atoms. The molecule has 1 aliphatic rings. The van der Waals surface area contributed by atoms with Crippen LogP contribution in [0.2, 0.25) is 0 Å². The van der Waals surface area contributed by atoms with Crippen LogP contribution in [0.1, 0.15) is 11.1 Å². The van der Waals surface area contributed by atoms with Gasteiger partial charge in [-0.05, 0) is 37.1 Å². The summed E-state index contributed by atoms with van der Waals surface area (Å²) in [5, 5.41) is 3.82. The Morgan fingerprint density at radius 3 is 2.42 bits per heavy atom. The van der Waals surface area contributed by atoms with Crippen molar-refractivity contribution in [3.63, 3.8) is 0 Å². The second-order valence-electron chi connectivity index (χ2n) is 7.96. The maximum Gasteiger partial charge on any atom is 0.234 e. The quantitative estimate of drug-likeness (QED) is 0.417. The molecule has 2 aromatic carbocycles. The Kier molecular flexibility index (Phi) is 7.34. The van der Waals surface area contributed by atoms with Crippen LogP contribution < -0.4 is 19.9 Å². The van der Waals surface area contributed by atoms with Crippen molar-refractivity contribution in [2.45, 2.75) is 18.9 Å². The molecule has 0 atom stereocenters. The van der Waals surface area contributed by atoms with E-state index in [1.54, 1.807) is 13.4 Å². The fourth-order valence-electron chi connectivity index (χ4n) is 3.98. The number of thioether (sulfide) groups is 1. The lowest BCUT2D eigenvalue weighted by molar-refractivity contribution is -0.113. The van der Waals surface area contributed by atoms with Crippen LogP contribution in [0.25, 0.3) is 0 Å². The largest absolute Gasteiger partial charge is 0.495 e. The summed E-state index contributed by atoms with van der Waals surface area (Å²) in [4.78, 5) is 25.9. The van der Waals surface area contributed by atoms with E-state index in [1.165, 1.54) is 11.8 Å². The maximum absolute atomic E-state index is 12.5. The Hall–Kier alpha value is -3.26. The van der Waals surface area contributed by atoms with E-state index in [0.717, 1.165) is 65.3 Å². The van der Waals surface area contributed by atoms with Gasteiger partial charge in [-0.15, -0.1) is 0 Å². The molecule has 7 nitrogen and oxygen atoms in total. The number of aromatic nitrogens is 2. The monoisotopic (exact) mass is 463 g/mol. The van der Waals surface area contributed by atoms with Gasteiger partial charge in [0.2, 0.25) is 5.91 Å². The Morgan fingerprint density at radius 2 is 1.70 bits per heavy atom.